The van der Waals surface area contributed by atoms with Crippen molar-refractivity contribution in [2.75, 3.05) is 18.5 Å². The Labute approximate surface area is 181 Å². The molecule has 3 aromatic carbocycles. The van der Waals surface area contributed by atoms with Gasteiger partial charge in [0.25, 0.3) is 5.91 Å². The van der Waals surface area contributed by atoms with Crippen LogP contribution in [-0.2, 0) is 6.54 Å². The maximum Gasteiger partial charge on any atom is 0.260 e. The molecule has 1 N–H and O–H groups in total. The Hall–Kier alpha value is -4.06. The van der Waals surface area contributed by atoms with Crippen molar-refractivity contribution in [2.24, 2.45) is 0 Å². The van der Waals surface area contributed by atoms with E-state index in [-0.39, 0.29) is 5.91 Å². The first kappa shape index (κ1) is 20.2. The lowest BCUT2D eigenvalue weighted by Crippen LogP contribution is -2.18. The maximum absolute atomic E-state index is 12.9. The van der Waals surface area contributed by atoms with Crippen molar-refractivity contribution in [1.82, 2.24) is 9.78 Å². The largest absolute Gasteiger partial charge is 0.490 e. The van der Waals surface area contributed by atoms with E-state index in [9.17, 15) is 4.79 Å². The molecule has 0 saturated heterocycles. The number of aromatic nitrogens is 2. The molecular formula is C25H23N3O3. The third-order valence-corrected chi connectivity index (χ3v) is 4.62. The summed E-state index contributed by atoms with van der Waals surface area (Å²) in [6.07, 6.45) is 1.67. The van der Waals surface area contributed by atoms with E-state index in [1.807, 2.05) is 72.8 Å². The normalized spacial score (nSPS) is 10.5. The first-order chi connectivity index (χ1) is 15.3. The molecule has 0 saturated carbocycles. The predicted molar refractivity (Wildman–Crippen MR) is 120 cm³/mol. The number of hydrogen-bond donors (Lipinski definition) is 1. The number of ether oxygens (including phenoxy) is 2. The number of anilines is 1. The van der Waals surface area contributed by atoms with Crippen LogP contribution in [0.4, 0.5) is 5.82 Å². The minimum absolute atomic E-state index is 0.255. The number of hydrogen-bond acceptors (Lipinski definition) is 4. The summed E-state index contributed by atoms with van der Waals surface area (Å²) in [6.45, 7) is 1.27. The van der Waals surface area contributed by atoms with Crippen LogP contribution in [0, 0.1) is 0 Å². The third kappa shape index (κ3) is 5.51. The summed E-state index contributed by atoms with van der Waals surface area (Å²) in [6, 6.07) is 28.4. The fraction of sp³-hybridized carbons (Fsp3) is 0.120. The van der Waals surface area contributed by atoms with Crippen molar-refractivity contribution < 1.29 is 14.3 Å². The van der Waals surface area contributed by atoms with Crippen LogP contribution >= 0.6 is 0 Å². The maximum atomic E-state index is 12.9. The number of carbonyl (C=O) groups excluding carboxylic acids is 1. The number of carbonyl (C=O) groups is 1. The highest BCUT2D eigenvalue weighted by Crippen LogP contribution is 2.20. The lowest BCUT2D eigenvalue weighted by molar-refractivity contribution is 0.102. The fourth-order valence-electron chi connectivity index (χ4n) is 3.11. The molecule has 1 aromatic heterocycles. The summed E-state index contributed by atoms with van der Waals surface area (Å²) in [5.74, 6) is 1.65. The molecule has 156 valence electrons. The van der Waals surface area contributed by atoms with E-state index in [1.165, 1.54) is 0 Å². The van der Waals surface area contributed by atoms with Crippen LogP contribution in [0.15, 0.2) is 97.2 Å². The minimum atomic E-state index is -0.255. The highest BCUT2D eigenvalue weighted by atomic mass is 16.5. The standard InChI is InChI=1S/C25H23N3O3/c29-25(27-24-15-16-26-28(24)19-20-9-3-1-4-10-20)22-13-7-8-14-23(22)31-18-17-30-21-11-5-2-6-12-21/h1-16H,17-19H2,(H,27,29). The summed E-state index contributed by atoms with van der Waals surface area (Å²) in [5, 5.41) is 7.26. The van der Waals surface area contributed by atoms with Gasteiger partial charge in [-0.05, 0) is 29.8 Å². The Morgan fingerprint density at radius 2 is 1.48 bits per heavy atom. The Balaban J connectivity index is 1.38. The van der Waals surface area contributed by atoms with Gasteiger partial charge in [0.05, 0.1) is 18.3 Å². The zero-order valence-electron chi connectivity index (χ0n) is 17.0. The Bertz CT molecular complexity index is 1110. The number of rotatable bonds is 9. The third-order valence-electron chi connectivity index (χ3n) is 4.62. The Kier molecular flexibility index (Phi) is 6.60. The average Bonchev–Trinajstić information content (AvgIpc) is 3.24. The summed E-state index contributed by atoms with van der Waals surface area (Å²) in [4.78, 5) is 12.9. The zero-order chi connectivity index (χ0) is 21.3. The molecule has 4 rings (SSSR count). The van der Waals surface area contributed by atoms with Crippen molar-refractivity contribution in [2.45, 2.75) is 6.54 Å². The van der Waals surface area contributed by atoms with E-state index in [1.54, 1.807) is 29.1 Å². The van der Waals surface area contributed by atoms with Crippen molar-refractivity contribution in [3.8, 4) is 11.5 Å². The molecule has 0 aliphatic heterocycles. The molecule has 0 aliphatic rings. The van der Waals surface area contributed by atoms with Gasteiger partial charge in [0.1, 0.15) is 30.5 Å². The quantitative estimate of drug-likeness (QED) is 0.406. The molecule has 0 radical (unpaired) electrons. The molecule has 0 atom stereocenters. The molecule has 0 fully saturated rings. The molecule has 6 nitrogen and oxygen atoms in total. The highest BCUT2D eigenvalue weighted by molar-refractivity contribution is 6.05. The first-order valence-electron chi connectivity index (χ1n) is 10.1. The Morgan fingerprint density at radius 3 is 2.29 bits per heavy atom. The van der Waals surface area contributed by atoms with Gasteiger partial charge < -0.3 is 14.8 Å². The van der Waals surface area contributed by atoms with Gasteiger partial charge in [0.15, 0.2) is 0 Å². The fourth-order valence-corrected chi connectivity index (χ4v) is 3.11. The van der Waals surface area contributed by atoms with E-state index < -0.39 is 0 Å². The van der Waals surface area contributed by atoms with Gasteiger partial charge in [-0.3, -0.25) is 4.79 Å². The van der Waals surface area contributed by atoms with Gasteiger partial charge in [-0.25, -0.2) is 4.68 Å². The zero-order valence-corrected chi connectivity index (χ0v) is 17.0. The number of nitrogens with one attached hydrogen (secondary N) is 1. The number of nitrogens with zero attached hydrogens (tertiary/aromatic N) is 2. The van der Waals surface area contributed by atoms with Gasteiger partial charge in [-0.2, -0.15) is 5.10 Å². The van der Waals surface area contributed by atoms with Crippen LogP contribution in [0.5, 0.6) is 11.5 Å². The molecule has 0 bridgehead atoms. The lowest BCUT2D eigenvalue weighted by atomic mass is 10.2. The second-order valence-electron chi connectivity index (χ2n) is 6.82. The van der Waals surface area contributed by atoms with Gasteiger partial charge >= 0.3 is 0 Å². The van der Waals surface area contributed by atoms with Crippen LogP contribution in [-0.4, -0.2) is 28.9 Å². The van der Waals surface area contributed by atoms with E-state index >= 15 is 0 Å². The van der Waals surface area contributed by atoms with E-state index in [0.717, 1.165) is 11.3 Å². The number of para-hydroxylation sites is 2. The van der Waals surface area contributed by atoms with Crippen molar-refractivity contribution in [1.29, 1.82) is 0 Å². The van der Waals surface area contributed by atoms with E-state index in [4.69, 9.17) is 9.47 Å². The van der Waals surface area contributed by atoms with Crippen LogP contribution in [0.3, 0.4) is 0 Å². The van der Waals surface area contributed by atoms with E-state index in [2.05, 4.69) is 10.4 Å². The average molecular weight is 413 g/mol. The summed E-state index contributed by atoms with van der Waals surface area (Å²) < 4.78 is 13.2. The van der Waals surface area contributed by atoms with Gasteiger partial charge in [0.2, 0.25) is 0 Å². The van der Waals surface area contributed by atoms with E-state index in [0.29, 0.717) is 36.9 Å². The number of benzene rings is 3. The van der Waals surface area contributed by atoms with Crippen molar-refractivity contribution in [3.05, 3.63) is 108 Å². The molecule has 1 amide bonds. The highest BCUT2D eigenvalue weighted by Gasteiger charge is 2.14. The summed E-state index contributed by atoms with van der Waals surface area (Å²) >= 11 is 0. The Morgan fingerprint density at radius 1 is 0.806 bits per heavy atom. The minimum Gasteiger partial charge on any atom is -0.490 e. The lowest BCUT2D eigenvalue weighted by Gasteiger charge is -2.13. The van der Waals surface area contributed by atoms with Gasteiger partial charge in [-0.15, -0.1) is 0 Å². The van der Waals surface area contributed by atoms with Crippen LogP contribution in [0.25, 0.3) is 0 Å². The van der Waals surface area contributed by atoms with Crippen molar-refractivity contribution >= 4 is 11.7 Å². The molecule has 0 spiro atoms. The molecule has 4 aromatic rings. The topological polar surface area (TPSA) is 65.4 Å². The SMILES string of the molecule is O=C(Nc1ccnn1Cc1ccccc1)c1ccccc1OCCOc1ccccc1. The second-order valence-corrected chi connectivity index (χ2v) is 6.82. The molecule has 1 heterocycles. The van der Waals surface area contributed by atoms with Crippen LogP contribution < -0.4 is 14.8 Å². The molecule has 6 heteroatoms. The summed E-state index contributed by atoms with van der Waals surface area (Å²) in [7, 11) is 0. The molecule has 0 unspecified atom stereocenters. The predicted octanol–water partition coefficient (Wildman–Crippen LogP) is 4.64. The first-order valence-corrected chi connectivity index (χ1v) is 10.1. The second kappa shape index (κ2) is 10.1. The van der Waals surface area contributed by atoms with Gasteiger partial charge in [0, 0.05) is 6.07 Å². The van der Waals surface area contributed by atoms with Crippen LogP contribution in [0.2, 0.25) is 0 Å². The van der Waals surface area contributed by atoms with Crippen LogP contribution in [0.1, 0.15) is 15.9 Å². The number of amides is 1. The molecule has 0 aliphatic carbocycles. The van der Waals surface area contributed by atoms with Gasteiger partial charge in [-0.1, -0.05) is 60.7 Å². The molecular weight excluding hydrogens is 390 g/mol. The molecule has 31 heavy (non-hydrogen) atoms. The van der Waals surface area contributed by atoms with Crippen molar-refractivity contribution in [3.63, 3.8) is 0 Å². The smallest absolute Gasteiger partial charge is 0.260 e. The monoisotopic (exact) mass is 413 g/mol. The summed E-state index contributed by atoms with van der Waals surface area (Å²) in [5.41, 5.74) is 1.55.